The summed E-state index contributed by atoms with van der Waals surface area (Å²) in [5, 5.41) is 3.52. The number of carbonyl (C=O) groups excluding carboxylic acids is 2. The van der Waals surface area contributed by atoms with Crippen LogP contribution in [0.4, 0.5) is 0 Å². The van der Waals surface area contributed by atoms with Crippen molar-refractivity contribution in [3.63, 3.8) is 0 Å². The van der Waals surface area contributed by atoms with Crippen molar-refractivity contribution in [1.82, 2.24) is 10.2 Å². The summed E-state index contributed by atoms with van der Waals surface area (Å²) >= 11 is 6.04. The zero-order valence-corrected chi connectivity index (χ0v) is 16.7. The van der Waals surface area contributed by atoms with Crippen LogP contribution in [0.1, 0.15) is 33.6 Å². The summed E-state index contributed by atoms with van der Waals surface area (Å²) in [6.07, 6.45) is 1.34. The molecule has 7 nitrogen and oxygen atoms in total. The van der Waals surface area contributed by atoms with Gasteiger partial charge in [-0.05, 0) is 49.2 Å². The van der Waals surface area contributed by atoms with Gasteiger partial charge >= 0.3 is 0 Å². The molecule has 2 aliphatic heterocycles. The van der Waals surface area contributed by atoms with Gasteiger partial charge in [-0.15, -0.1) is 0 Å². The first-order valence-electron chi connectivity index (χ1n) is 9.38. The predicted octanol–water partition coefficient (Wildman–Crippen LogP) is 3.11. The van der Waals surface area contributed by atoms with Crippen molar-refractivity contribution < 1.29 is 23.8 Å². The summed E-state index contributed by atoms with van der Waals surface area (Å²) in [6, 6.07) is 10.1. The van der Waals surface area contributed by atoms with Gasteiger partial charge in [0.2, 0.25) is 6.79 Å². The lowest BCUT2D eigenvalue weighted by molar-refractivity contribution is 0.0695. The largest absolute Gasteiger partial charge is 0.496 e. The molecule has 0 aromatic heterocycles. The van der Waals surface area contributed by atoms with Crippen LogP contribution in [0.25, 0.3) is 0 Å². The molecule has 2 amide bonds. The molecule has 0 saturated carbocycles. The maximum absolute atomic E-state index is 12.9. The van der Waals surface area contributed by atoms with Gasteiger partial charge < -0.3 is 24.4 Å². The predicted molar refractivity (Wildman–Crippen MR) is 107 cm³/mol. The lowest BCUT2D eigenvalue weighted by Gasteiger charge is -2.32. The average Bonchev–Trinajstić information content (AvgIpc) is 3.21. The van der Waals surface area contributed by atoms with Crippen LogP contribution in [0.5, 0.6) is 17.2 Å². The number of rotatable bonds is 4. The smallest absolute Gasteiger partial charge is 0.257 e. The number of piperidine rings is 1. The number of carbonyl (C=O) groups is 2. The van der Waals surface area contributed by atoms with Crippen molar-refractivity contribution in [3.05, 3.63) is 52.5 Å². The Morgan fingerprint density at radius 1 is 1.10 bits per heavy atom. The van der Waals surface area contributed by atoms with Crippen molar-refractivity contribution in [2.24, 2.45) is 0 Å². The fraction of sp³-hybridized carbons (Fsp3) is 0.333. The van der Waals surface area contributed by atoms with Crippen LogP contribution in [0.2, 0.25) is 5.02 Å². The van der Waals surface area contributed by atoms with E-state index in [4.69, 9.17) is 25.8 Å². The molecule has 8 heteroatoms. The molecule has 0 spiro atoms. The maximum Gasteiger partial charge on any atom is 0.257 e. The summed E-state index contributed by atoms with van der Waals surface area (Å²) in [4.78, 5) is 27.2. The van der Waals surface area contributed by atoms with E-state index in [1.807, 2.05) is 0 Å². The van der Waals surface area contributed by atoms with E-state index in [0.717, 1.165) is 0 Å². The van der Waals surface area contributed by atoms with Gasteiger partial charge in [-0.3, -0.25) is 9.59 Å². The van der Waals surface area contributed by atoms with Gasteiger partial charge in [0, 0.05) is 29.7 Å². The number of amides is 2. The molecule has 0 aliphatic carbocycles. The summed E-state index contributed by atoms with van der Waals surface area (Å²) in [5.74, 6) is 1.44. The molecule has 0 bridgehead atoms. The summed E-state index contributed by atoms with van der Waals surface area (Å²) < 4.78 is 15.9. The van der Waals surface area contributed by atoms with E-state index in [2.05, 4.69) is 5.32 Å². The summed E-state index contributed by atoms with van der Waals surface area (Å²) in [7, 11) is 1.53. The zero-order valence-electron chi connectivity index (χ0n) is 15.9. The normalized spacial score (nSPS) is 15.9. The quantitative estimate of drug-likeness (QED) is 0.828. The topological polar surface area (TPSA) is 77.1 Å². The molecule has 1 saturated heterocycles. The molecule has 0 unspecified atom stereocenters. The van der Waals surface area contributed by atoms with E-state index in [1.165, 1.54) is 7.11 Å². The average molecular weight is 417 g/mol. The van der Waals surface area contributed by atoms with E-state index < -0.39 is 0 Å². The number of fused-ring (bicyclic) bond motifs is 1. The summed E-state index contributed by atoms with van der Waals surface area (Å²) in [5.41, 5.74) is 0.972. The summed E-state index contributed by atoms with van der Waals surface area (Å²) in [6.45, 7) is 1.26. The number of nitrogens with zero attached hydrogens (tertiary/aromatic N) is 1. The number of benzene rings is 2. The molecule has 2 aromatic rings. The third-order valence-electron chi connectivity index (χ3n) is 5.14. The van der Waals surface area contributed by atoms with E-state index in [-0.39, 0.29) is 24.6 Å². The number of nitrogens with one attached hydrogen (secondary N) is 1. The van der Waals surface area contributed by atoms with E-state index in [9.17, 15) is 9.59 Å². The zero-order chi connectivity index (χ0) is 20.4. The van der Waals surface area contributed by atoms with Crippen LogP contribution in [0, 0.1) is 0 Å². The number of halogens is 1. The molecule has 29 heavy (non-hydrogen) atoms. The SMILES string of the molecule is COc1ccc(Cl)cc1C(=O)N1CCC(NC(=O)c2ccc3c(c2)OCO3)CC1. The van der Waals surface area contributed by atoms with Crippen molar-refractivity contribution >= 4 is 23.4 Å². The van der Waals surface area contributed by atoms with Crippen LogP contribution < -0.4 is 19.5 Å². The lowest BCUT2D eigenvalue weighted by atomic mass is 10.0. The Morgan fingerprint density at radius 3 is 2.62 bits per heavy atom. The van der Waals surface area contributed by atoms with Crippen LogP contribution in [-0.2, 0) is 0 Å². The molecule has 1 N–H and O–H groups in total. The van der Waals surface area contributed by atoms with Crippen LogP contribution in [0.3, 0.4) is 0 Å². The third kappa shape index (κ3) is 4.10. The highest BCUT2D eigenvalue weighted by Crippen LogP contribution is 2.32. The van der Waals surface area contributed by atoms with Crippen LogP contribution >= 0.6 is 11.6 Å². The van der Waals surface area contributed by atoms with Gasteiger partial charge in [0.15, 0.2) is 11.5 Å². The Balaban J connectivity index is 1.35. The van der Waals surface area contributed by atoms with Crippen molar-refractivity contribution in [2.75, 3.05) is 27.0 Å². The fourth-order valence-corrected chi connectivity index (χ4v) is 3.72. The first kappa shape index (κ1) is 19.4. The van der Waals surface area contributed by atoms with Gasteiger partial charge in [0.05, 0.1) is 12.7 Å². The second-order valence-electron chi connectivity index (χ2n) is 6.95. The Labute approximate surface area is 173 Å². The van der Waals surface area contributed by atoms with Crippen LogP contribution in [0.15, 0.2) is 36.4 Å². The second kappa shape index (κ2) is 8.21. The number of hydrogen-bond donors (Lipinski definition) is 1. The first-order chi connectivity index (χ1) is 14.0. The molecule has 2 heterocycles. The molecule has 2 aromatic carbocycles. The van der Waals surface area contributed by atoms with Gasteiger partial charge in [-0.25, -0.2) is 0 Å². The highest BCUT2D eigenvalue weighted by molar-refractivity contribution is 6.31. The van der Waals surface area contributed by atoms with E-state index in [0.29, 0.717) is 59.3 Å². The standard InChI is InChI=1S/C21H21ClN2O5/c1-27-17-5-3-14(22)11-16(17)21(26)24-8-6-15(7-9-24)23-20(25)13-2-4-18-19(10-13)29-12-28-18/h2-5,10-11,15H,6-9,12H2,1H3,(H,23,25). The molecule has 0 radical (unpaired) electrons. The van der Waals surface area contributed by atoms with Gasteiger partial charge in [-0.1, -0.05) is 11.6 Å². The number of hydrogen-bond acceptors (Lipinski definition) is 5. The fourth-order valence-electron chi connectivity index (χ4n) is 3.55. The monoisotopic (exact) mass is 416 g/mol. The molecule has 152 valence electrons. The number of ether oxygens (including phenoxy) is 3. The molecule has 2 aliphatic rings. The van der Waals surface area contributed by atoms with E-state index >= 15 is 0 Å². The second-order valence-corrected chi connectivity index (χ2v) is 7.39. The number of methoxy groups -OCH3 is 1. The van der Waals surface area contributed by atoms with Crippen LogP contribution in [-0.4, -0.2) is 49.7 Å². The highest BCUT2D eigenvalue weighted by atomic mass is 35.5. The molecule has 4 rings (SSSR count). The Morgan fingerprint density at radius 2 is 1.86 bits per heavy atom. The minimum atomic E-state index is -0.162. The molecular weight excluding hydrogens is 396 g/mol. The molecular formula is C21H21ClN2O5. The molecule has 0 atom stereocenters. The third-order valence-corrected chi connectivity index (χ3v) is 5.38. The van der Waals surface area contributed by atoms with E-state index in [1.54, 1.807) is 41.3 Å². The minimum absolute atomic E-state index is 0.00164. The van der Waals surface area contributed by atoms with Gasteiger partial charge in [0.25, 0.3) is 11.8 Å². The molecule has 1 fully saturated rings. The Bertz CT molecular complexity index is 941. The highest BCUT2D eigenvalue weighted by Gasteiger charge is 2.27. The Hall–Kier alpha value is -2.93. The number of likely N-dealkylation sites (tertiary alicyclic amines) is 1. The van der Waals surface area contributed by atoms with Crippen molar-refractivity contribution in [1.29, 1.82) is 0 Å². The lowest BCUT2D eigenvalue weighted by Crippen LogP contribution is -2.46. The van der Waals surface area contributed by atoms with Crippen molar-refractivity contribution in [3.8, 4) is 17.2 Å². The van der Waals surface area contributed by atoms with Gasteiger partial charge in [0.1, 0.15) is 5.75 Å². The minimum Gasteiger partial charge on any atom is -0.496 e. The maximum atomic E-state index is 12.9. The van der Waals surface area contributed by atoms with Crippen molar-refractivity contribution in [2.45, 2.75) is 18.9 Å². The Kier molecular flexibility index (Phi) is 5.49. The van der Waals surface area contributed by atoms with Gasteiger partial charge in [-0.2, -0.15) is 0 Å². The first-order valence-corrected chi connectivity index (χ1v) is 9.76.